The summed E-state index contributed by atoms with van der Waals surface area (Å²) in [5.74, 6) is 0.0386. The summed E-state index contributed by atoms with van der Waals surface area (Å²) in [6, 6.07) is 0.349. The number of likely N-dealkylation sites (tertiary alicyclic amines) is 1. The number of nitrogens with one attached hydrogen (secondary N) is 1. The maximum absolute atomic E-state index is 11.4. The first-order valence-electron chi connectivity index (χ1n) is 6.11. The largest absolute Gasteiger partial charge is 0.350 e. The van der Waals surface area contributed by atoms with Crippen molar-refractivity contribution in [2.45, 2.75) is 52.1 Å². The summed E-state index contributed by atoms with van der Waals surface area (Å²) in [5.41, 5.74) is 0.248. The van der Waals surface area contributed by atoms with E-state index in [1.54, 1.807) is 12.2 Å². The molecule has 0 aromatic carbocycles. The first kappa shape index (κ1) is 13.2. The molecule has 0 saturated carbocycles. The predicted octanol–water partition coefficient (Wildman–Crippen LogP) is 1.94. The van der Waals surface area contributed by atoms with Gasteiger partial charge < -0.3 is 5.32 Å². The van der Waals surface area contributed by atoms with Crippen LogP contribution in [0.5, 0.6) is 0 Å². The van der Waals surface area contributed by atoms with E-state index in [-0.39, 0.29) is 11.4 Å². The molecule has 16 heavy (non-hydrogen) atoms. The molecule has 0 unspecified atom stereocenters. The standard InChI is InChI=1S/C13H24N2O/c1-5-6-12(16)14-11-7-9-15(10-8-11)13(2,3)4/h5-6,11H,7-10H2,1-4H3,(H,14,16). The Morgan fingerprint density at radius 2 is 1.88 bits per heavy atom. The van der Waals surface area contributed by atoms with Crippen LogP contribution in [-0.4, -0.2) is 35.5 Å². The maximum Gasteiger partial charge on any atom is 0.243 e. The number of rotatable bonds is 2. The molecule has 1 aliphatic heterocycles. The van der Waals surface area contributed by atoms with E-state index >= 15 is 0 Å². The molecular weight excluding hydrogens is 200 g/mol. The lowest BCUT2D eigenvalue weighted by Crippen LogP contribution is -2.50. The topological polar surface area (TPSA) is 32.3 Å². The molecule has 1 N–H and O–H groups in total. The summed E-state index contributed by atoms with van der Waals surface area (Å²) >= 11 is 0. The zero-order valence-electron chi connectivity index (χ0n) is 10.9. The summed E-state index contributed by atoms with van der Waals surface area (Å²) < 4.78 is 0. The summed E-state index contributed by atoms with van der Waals surface area (Å²) in [4.78, 5) is 13.9. The third kappa shape index (κ3) is 3.97. The third-order valence-corrected chi connectivity index (χ3v) is 3.11. The molecule has 0 aliphatic carbocycles. The van der Waals surface area contributed by atoms with Crippen LogP contribution in [0.4, 0.5) is 0 Å². The number of nitrogens with zero attached hydrogens (tertiary/aromatic N) is 1. The zero-order chi connectivity index (χ0) is 12.2. The molecule has 3 heteroatoms. The molecule has 0 spiro atoms. The minimum Gasteiger partial charge on any atom is -0.350 e. The van der Waals surface area contributed by atoms with Gasteiger partial charge in [-0.1, -0.05) is 6.08 Å². The van der Waals surface area contributed by atoms with Crippen molar-refractivity contribution < 1.29 is 4.79 Å². The van der Waals surface area contributed by atoms with E-state index in [0.717, 1.165) is 25.9 Å². The fourth-order valence-corrected chi connectivity index (χ4v) is 2.10. The Hall–Kier alpha value is -0.830. The van der Waals surface area contributed by atoms with Gasteiger partial charge in [0.25, 0.3) is 0 Å². The molecule has 0 atom stereocenters. The zero-order valence-corrected chi connectivity index (χ0v) is 10.9. The summed E-state index contributed by atoms with van der Waals surface area (Å²) in [5, 5.41) is 3.04. The summed E-state index contributed by atoms with van der Waals surface area (Å²) in [6.07, 6.45) is 5.48. The molecule has 1 saturated heterocycles. The molecule has 0 aromatic rings. The third-order valence-electron chi connectivity index (χ3n) is 3.11. The quantitative estimate of drug-likeness (QED) is 0.727. The van der Waals surface area contributed by atoms with Gasteiger partial charge in [-0.05, 0) is 46.6 Å². The van der Waals surface area contributed by atoms with E-state index in [1.165, 1.54) is 0 Å². The van der Waals surface area contributed by atoms with Crippen molar-refractivity contribution in [3.05, 3.63) is 12.2 Å². The maximum atomic E-state index is 11.4. The minimum absolute atomic E-state index is 0.0386. The van der Waals surface area contributed by atoms with Crippen LogP contribution in [0.25, 0.3) is 0 Å². The highest BCUT2D eigenvalue weighted by atomic mass is 16.1. The highest BCUT2D eigenvalue weighted by Gasteiger charge is 2.27. The second kappa shape index (κ2) is 5.48. The van der Waals surface area contributed by atoms with Crippen molar-refractivity contribution >= 4 is 5.91 Å². The van der Waals surface area contributed by atoms with E-state index in [2.05, 4.69) is 31.0 Å². The van der Waals surface area contributed by atoms with Gasteiger partial charge in [-0.25, -0.2) is 0 Å². The minimum atomic E-state index is 0.0386. The van der Waals surface area contributed by atoms with Crippen molar-refractivity contribution in [3.8, 4) is 0 Å². The van der Waals surface area contributed by atoms with Crippen molar-refractivity contribution in [2.75, 3.05) is 13.1 Å². The number of carbonyl (C=O) groups is 1. The number of amides is 1. The molecule has 1 amide bonds. The van der Waals surface area contributed by atoms with Crippen molar-refractivity contribution in [1.82, 2.24) is 10.2 Å². The summed E-state index contributed by atoms with van der Waals surface area (Å²) in [6.45, 7) is 10.7. The smallest absolute Gasteiger partial charge is 0.243 e. The lowest BCUT2D eigenvalue weighted by Gasteiger charge is -2.40. The Morgan fingerprint density at radius 1 is 1.31 bits per heavy atom. The lowest BCUT2D eigenvalue weighted by atomic mass is 9.98. The number of hydrogen-bond acceptors (Lipinski definition) is 2. The van der Waals surface area contributed by atoms with Crippen LogP contribution in [0, 0.1) is 0 Å². The molecule has 1 aliphatic rings. The van der Waals surface area contributed by atoms with Crippen molar-refractivity contribution in [3.63, 3.8) is 0 Å². The van der Waals surface area contributed by atoms with Gasteiger partial charge in [-0.3, -0.25) is 9.69 Å². The average molecular weight is 224 g/mol. The highest BCUT2D eigenvalue weighted by molar-refractivity contribution is 5.87. The average Bonchev–Trinajstić information content (AvgIpc) is 2.17. The molecule has 1 rings (SSSR count). The second-order valence-electron chi connectivity index (χ2n) is 5.44. The normalized spacial score (nSPS) is 20.2. The molecule has 0 radical (unpaired) electrons. The highest BCUT2D eigenvalue weighted by Crippen LogP contribution is 2.19. The van der Waals surface area contributed by atoms with Crippen LogP contribution in [0.1, 0.15) is 40.5 Å². The number of carbonyl (C=O) groups excluding carboxylic acids is 1. The van der Waals surface area contributed by atoms with Crippen molar-refractivity contribution in [2.24, 2.45) is 0 Å². The van der Waals surface area contributed by atoms with Gasteiger partial charge in [0.15, 0.2) is 0 Å². The fourth-order valence-electron chi connectivity index (χ4n) is 2.10. The Bertz CT molecular complexity index is 258. The Kier molecular flexibility index (Phi) is 4.54. The van der Waals surface area contributed by atoms with Gasteiger partial charge in [0.05, 0.1) is 0 Å². The molecule has 0 aromatic heterocycles. The number of allylic oxidation sites excluding steroid dienone is 1. The van der Waals surface area contributed by atoms with Crippen LogP contribution >= 0.6 is 0 Å². The van der Waals surface area contributed by atoms with Crippen LogP contribution in [-0.2, 0) is 4.79 Å². The van der Waals surface area contributed by atoms with Crippen LogP contribution in [0.3, 0.4) is 0 Å². The van der Waals surface area contributed by atoms with Gasteiger partial charge in [0, 0.05) is 24.7 Å². The molecule has 92 valence electrons. The van der Waals surface area contributed by atoms with Gasteiger partial charge in [0.1, 0.15) is 0 Å². The molecular formula is C13H24N2O. The Labute approximate surface area is 98.9 Å². The SMILES string of the molecule is CC=CC(=O)NC1CCN(C(C)(C)C)CC1. The fraction of sp³-hybridized carbons (Fsp3) is 0.769. The molecule has 1 fully saturated rings. The van der Waals surface area contributed by atoms with Gasteiger partial charge in [-0.15, -0.1) is 0 Å². The molecule has 0 bridgehead atoms. The second-order valence-corrected chi connectivity index (χ2v) is 5.44. The van der Waals surface area contributed by atoms with Crippen LogP contribution in [0.15, 0.2) is 12.2 Å². The van der Waals surface area contributed by atoms with Gasteiger partial charge in [-0.2, -0.15) is 0 Å². The van der Waals surface area contributed by atoms with E-state index in [1.807, 2.05) is 6.92 Å². The van der Waals surface area contributed by atoms with E-state index in [4.69, 9.17) is 0 Å². The number of piperidine rings is 1. The lowest BCUT2D eigenvalue weighted by molar-refractivity contribution is -0.117. The van der Waals surface area contributed by atoms with E-state index in [0.29, 0.717) is 6.04 Å². The van der Waals surface area contributed by atoms with Crippen LogP contribution in [0.2, 0.25) is 0 Å². The van der Waals surface area contributed by atoms with Crippen LogP contribution < -0.4 is 5.32 Å². The first-order chi connectivity index (χ1) is 7.43. The van der Waals surface area contributed by atoms with Gasteiger partial charge >= 0.3 is 0 Å². The predicted molar refractivity (Wildman–Crippen MR) is 67.3 cm³/mol. The Morgan fingerprint density at radius 3 is 2.31 bits per heavy atom. The molecule has 1 heterocycles. The summed E-state index contributed by atoms with van der Waals surface area (Å²) in [7, 11) is 0. The molecule has 3 nitrogen and oxygen atoms in total. The first-order valence-corrected chi connectivity index (χ1v) is 6.11. The van der Waals surface area contributed by atoms with E-state index < -0.39 is 0 Å². The Balaban J connectivity index is 2.35. The monoisotopic (exact) mass is 224 g/mol. The van der Waals surface area contributed by atoms with E-state index in [9.17, 15) is 4.79 Å². The van der Waals surface area contributed by atoms with Gasteiger partial charge in [0.2, 0.25) is 5.91 Å². The van der Waals surface area contributed by atoms with Crippen molar-refractivity contribution in [1.29, 1.82) is 0 Å². The number of hydrogen-bond donors (Lipinski definition) is 1.